The number of hydrogen-bond acceptors (Lipinski definition) is 4. The highest BCUT2D eigenvalue weighted by Gasteiger charge is 2.11. The number of aryl methyl sites for hydroxylation is 1. The molecule has 2 aromatic rings. The van der Waals surface area contributed by atoms with Crippen LogP contribution in [0.5, 0.6) is 0 Å². The number of halogens is 1. The molecule has 1 amide bonds. The fourth-order valence-corrected chi connectivity index (χ4v) is 2.10. The third-order valence-electron chi connectivity index (χ3n) is 3.22. The summed E-state index contributed by atoms with van der Waals surface area (Å²) in [7, 11) is 0. The van der Waals surface area contributed by atoms with Gasteiger partial charge in [0.05, 0.1) is 11.2 Å². The van der Waals surface area contributed by atoms with Crippen molar-refractivity contribution in [1.82, 2.24) is 10.3 Å². The van der Waals surface area contributed by atoms with Crippen molar-refractivity contribution in [2.75, 3.05) is 13.2 Å². The second-order valence-electron chi connectivity index (χ2n) is 5.19. The van der Waals surface area contributed by atoms with Gasteiger partial charge < -0.3 is 14.8 Å². The van der Waals surface area contributed by atoms with Crippen LogP contribution in [0.2, 0.25) is 5.02 Å². The largest absolute Gasteiger partial charge is 0.441 e. The van der Waals surface area contributed by atoms with Gasteiger partial charge in [-0.3, -0.25) is 4.79 Å². The molecule has 0 aliphatic carbocycles. The van der Waals surface area contributed by atoms with Gasteiger partial charge in [-0.15, -0.1) is 0 Å². The summed E-state index contributed by atoms with van der Waals surface area (Å²) < 4.78 is 5.63. The molecule has 1 atom stereocenters. The summed E-state index contributed by atoms with van der Waals surface area (Å²) in [5, 5.41) is 12.3. The third kappa shape index (κ3) is 4.58. The molecule has 0 spiro atoms. The van der Waals surface area contributed by atoms with Gasteiger partial charge in [-0.1, -0.05) is 30.7 Å². The Morgan fingerprint density at radius 1 is 1.45 bits per heavy atom. The number of nitrogens with zero attached hydrogens (tertiary/aromatic N) is 1. The number of aliphatic hydroxyl groups is 1. The Hall–Kier alpha value is -1.85. The van der Waals surface area contributed by atoms with Crippen molar-refractivity contribution in [3.8, 4) is 11.3 Å². The molecule has 2 N–H and O–H groups in total. The Morgan fingerprint density at radius 3 is 2.95 bits per heavy atom. The van der Waals surface area contributed by atoms with Crippen molar-refractivity contribution in [3.05, 3.63) is 41.4 Å². The zero-order valence-electron chi connectivity index (χ0n) is 12.4. The van der Waals surface area contributed by atoms with Gasteiger partial charge in [-0.25, -0.2) is 4.98 Å². The summed E-state index contributed by atoms with van der Waals surface area (Å²) in [6.07, 6.45) is 2.33. The molecule has 1 aromatic carbocycles. The predicted octanol–water partition coefficient (Wildman–Crippen LogP) is 2.67. The van der Waals surface area contributed by atoms with Crippen molar-refractivity contribution in [1.29, 1.82) is 0 Å². The Bertz CT molecular complexity index is 627. The molecule has 0 fully saturated rings. The van der Waals surface area contributed by atoms with E-state index in [2.05, 4.69) is 10.3 Å². The first kappa shape index (κ1) is 16.5. The minimum atomic E-state index is -0.0854. The maximum Gasteiger partial charge on any atom is 0.220 e. The van der Waals surface area contributed by atoms with E-state index in [-0.39, 0.29) is 18.4 Å². The van der Waals surface area contributed by atoms with Crippen LogP contribution in [0.15, 0.2) is 34.9 Å². The van der Waals surface area contributed by atoms with Gasteiger partial charge in [-0.2, -0.15) is 0 Å². The lowest BCUT2D eigenvalue weighted by Gasteiger charge is -2.08. The fraction of sp³-hybridized carbons (Fsp3) is 0.375. The number of amides is 1. The van der Waals surface area contributed by atoms with Gasteiger partial charge >= 0.3 is 0 Å². The second kappa shape index (κ2) is 7.96. The summed E-state index contributed by atoms with van der Waals surface area (Å²) in [5.41, 5.74) is 0.782. The second-order valence-corrected chi connectivity index (χ2v) is 5.60. The average molecular weight is 323 g/mol. The lowest BCUT2D eigenvalue weighted by Crippen LogP contribution is -2.29. The van der Waals surface area contributed by atoms with Gasteiger partial charge in [0.1, 0.15) is 0 Å². The van der Waals surface area contributed by atoms with Gasteiger partial charge in [0.2, 0.25) is 5.91 Å². The number of benzene rings is 1. The van der Waals surface area contributed by atoms with Crippen LogP contribution in [0.4, 0.5) is 0 Å². The number of hydrogen-bond donors (Lipinski definition) is 2. The molecule has 118 valence electrons. The number of aromatic nitrogens is 1. The van der Waals surface area contributed by atoms with Crippen LogP contribution in [0, 0.1) is 5.92 Å². The van der Waals surface area contributed by atoms with Crippen LogP contribution in [0.3, 0.4) is 0 Å². The summed E-state index contributed by atoms with van der Waals surface area (Å²) in [5.74, 6) is 1.06. The molecule has 0 radical (unpaired) electrons. The highest BCUT2D eigenvalue weighted by Crippen LogP contribution is 2.28. The zero-order valence-corrected chi connectivity index (χ0v) is 13.1. The smallest absolute Gasteiger partial charge is 0.220 e. The first-order valence-corrected chi connectivity index (χ1v) is 7.55. The first-order chi connectivity index (χ1) is 10.6. The summed E-state index contributed by atoms with van der Waals surface area (Å²) in [6, 6.07) is 7.37. The van der Waals surface area contributed by atoms with Crippen LogP contribution >= 0.6 is 11.6 Å². The molecule has 5 nitrogen and oxygen atoms in total. The Labute approximate surface area is 134 Å². The summed E-state index contributed by atoms with van der Waals surface area (Å²) in [6.45, 7) is 2.39. The maximum absolute atomic E-state index is 11.7. The normalized spacial score (nSPS) is 12.1. The lowest BCUT2D eigenvalue weighted by atomic mass is 10.2. The van der Waals surface area contributed by atoms with Crippen molar-refractivity contribution >= 4 is 17.5 Å². The molecule has 22 heavy (non-hydrogen) atoms. The van der Waals surface area contributed by atoms with Gasteiger partial charge in [0, 0.05) is 31.6 Å². The average Bonchev–Trinajstić information content (AvgIpc) is 2.99. The monoisotopic (exact) mass is 322 g/mol. The van der Waals surface area contributed by atoms with Crippen molar-refractivity contribution < 1.29 is 14.3 Å². The molecule has 2 rings (SSSR count). The zero-order chi connectivity index (χ0) is 15.9. The molecule has 0 aliphatic heterocycles. The molecule has 0 saturated carbocycles. The van der Waals surface area contributed by atoms with E-state index in [1.165, 1.54) is 0 Å². The van der Waals surface area contributed by atoms with E-state index in [1.807, 2.05) is 25.1 Å². The molecule has 1 unspecified atom stereocenters. The van der Waals surface area contributed by atoms with Crippen LogP contribution in [0.1, 0.15) is 19.2 Å². The van der Waals surface area contributed by atoms with Crippen LogP contribution in [-0.2, 0) is 11.2 Å². The number of oxazole rings is 1. The van der Waals surface area contributed by atoms with Crippen LogP contribution in [-0.4, -0.2) is 29.1 Å². The van der Waals surface area contributed by atoms with Crippen LogP contribution < -0.4 is 5.32 Å². The minimum absolute atomic E-state index is 0.0533. The highest BCUT2D eigenvalue weighted by atomic mass is 35.5. The highest BCUT2D eigenvalue weighted by molar-refractivity contribution is 6.33. The molecule has 6 heteroatoms. The van der Waals surface area contributed by atoms with E-state index in [9.17, 15) is 4.79 Å². The fourth-order valence-electron chi connectivity index (χ4n) is 1.87. The topological polar surface area (TPSA) is 75.4 Å². The number of aliphatic hydroxyl groups excluding tert-OH is 1. The number of carbonyl (C=O) groups is 1. The Morgan fingerprint density at radius 2 is 2.23 bits per heavy atom. The first-order valence-electron chi connectivity index (χ1n) is 7.17. The van der Waals surface area contributed by atoms with Gasteiger partial charge in [-0.05, 0) is 18.1 Å². The molecule has 0 aliphatic rings. The van der Waals surface area contributed by atoms with E-state index in [0.717, 1.165) is 5.56 Å². The van der Waals surface area contributed by atoms with Gasteiger partial charge in [0.15, 0.2) is 11.7 Å². The molecular weight excluding hydrogens is 304 g/mol. The molecule has 0 bridgehead atoms. The molecule has 0 saturated heterocycles. The quantitative estimate of drug-likeness (QED) is 0.821. The third-order valence-corrected chi connectivity index (χ3v) is 3.55. The van der Waals surface area contributed by atoms with Crippen molar-refractivity contribution in [2.45, 2.75) is 19.8 Å². The number of carbonyl (C=O) groups excluding carboxylic acids is 1. The SMILES string of the molecule is CC(CO)CNC(=O)CCc1ncc(-c2ccccc2Cl)o1. The standard InChI is InChI=1S/C16H19ClN2O3/c1-11(10-20)8-18-15(21)6-7-16-19-9-14(22-16)12-4-2-3-5-13(12)17/h2-5,9,11,20H,6-8,10H2,1H3,(H,18,21). The van der Waals surface area contributed by atoms with E-state index >= 15 is 0 Å². The van der Waals surface area contributed by atoms with Crippen molar-refractivity contribution in [3.63, 3.8) is 0 Å². The van der Waals surface area contributed by atoms with E-state index in [0.29, 0.717) is 36.1 Å². The van der Waals surface area contributed by atoms with E-state index in [1.54, 1.807) is 12.3 Å². The Balaban J connectivity index is 1.88. The lowest BCUT2D eigenvalue weighted by molar-refractivity contribution is -0.121. The van der Waals surface area contributed by atoms with E-state index in [4.69, 9.17) is 21.1 Å². The molecule has 1 heterocycles. The van der Waals surface area contributed by atoms with Gasteiger partial charge in [0.25, 0.3) is 0 Å². The number of rotatable bonds is 7. The minimum Gasteiger partial charge on any atom is -0.441 e. The molecule has 1 aromatic heterocycles. The maximum atomic E-state index is 11.7. The Kier molecular flexibility index (Phi) is 5.98. The van der Waals surface area contributed by atoms with E-state index < -0.39 is 0 Å². The molecular formula is C16H19ClN2O3. The summed E-state index contributed by atoms with van der Waals surface area (Å²) in [4.78, 5) is 15.9. The predicted molar refractivity (Wildman–Crippen MR) is 84.5 cm³/mol. The number of nitrogens with one attached hydrogen (secondary N) is 1. The summed E-state index contributed by atoms with van der Waals surface area (Å²) >= 11 is 6.11. The van der Waals surface area contributed by atoms with Crippen LogP contribution in [0.25, 0.3) is 11.3 Å². The van der Waals surface area contributed by atoms with Crippen molar-refractivity contribution in [2.24, 2.45) is 5.92 Å².